The first-order valence-corrected chi connectivity index (χ1v) is 9.28. The average molecular weight is 396 g/mol. The lowest BCUT2D eigenvalue weighted by Crippen LogP contribution is -2.16. The van der Waals surface area contributed by atoms with Crippen LogP contribution in [0.2, 0.25) is 0 Å². The van der Waals surface area contributed by atoms with Crippen LogP contribution in [0.3, 0.4) is 0 Å². The normalized spacial score (nSPS) is 10.6. The third-order valence-electron chi connectivity index (χ3n) is 4.18. The molecule has 0 fully saturated rings. The number of ether oxygens (including phenoxy) is 1. The number of anilines is 1. The molecule has 0 bridgehead atoms. The lowest BCUT2D eigenvalue weighted by Gasteiger charge is -2.09. The largest absolute Gasteiger partial charge is 0.457 e. The Morgan fingerprint density at radius 2 is 1.45 bits per heavy atom. The third-order valence-corrected chi connectivity index (χ3v) is 4.18. The van der Waals surface area contributed by atoms with Crippen LogP contribution < -0.4 is 15.4 Å². The van der Waals surface area contributed by atoms with Crippen molar-refractivity contribution in [3.63, 3.8) is 0 Å². The first-order chi connectivity index (χ1) is 14.0. The summed E-state index contributed by atoms with van der Waals surface area (Å²) in [6, 6.07) is 18.4. The third kappa shape index (κ3) is 6.69. The molecule has 3 rings (SSSR count). The van der Waals surface area contributed by atoms with E-state index in [0.29, 0.717) is 35.8 Å². The molecule has 4 nitrogen and oxygen atoms in total. The zero-order valence-corrected chi connectivity index (χ0v) is 16.0. The highest BCUT2D eigenvalue weighted by Gasteiger charge is 2.02. The van der Waals surface area contributed by atoms with Gasteiger partial charge in [-0.3, -0.25) is 4.79 Å². The topological polar surface area (TPSA) is 50.4 Å². The quantitative estimate of drug-likeness (QED) is 0.524. The molecule has 0 aliphatic rings. The number of halogens is 2. The van der Waals surface area contributed by atoms with Gasteiger partial charge < -0.3 is 15.4 Å². The summed E-state index contributed by atoms with van der Waals surface area (Å²) in [4.78, 5) is 11.0. The van der Waals surface area contributed by atoms with Crippen molar-refractivity contribution in [1.29, 1.82) is 0 Å². The molecule has 0 aliphatic heterocycles. The van der Waals surface area contributed by atoms with E-state index in [1.54, 1.807) is 24.3 Å². The minimum absolute atomic E-state index is 0.119. The Kier molecular flexibility index (Phi) is 6.92. The van der Waals surface area contributed by atoms with Gasteiger partial charge in [0.05, 0.1) is 0 Å². The van der Waals surface area contributed by atoms with Crippen molar-refractivity contribution < 1.29 is 18.3 Å². The fourth-order valence-electron chi connectivity index (χ4n) is 2.85. The van der Waals surface area contributed by atoms with Crippen molar-refractivity contribution in [3.8, 4) is 11.5 Å². The molecule has 150 valence electrons. The average Bonchev–Trinajstić information content (AvgIpc) is 2.67. The number of benzene rings is 3. The summed E-state index contributed by atoms with van der Waals surface area (Å²) in [5.41, 5.74) is 2.42. The summed E-state index contributed by atoms with van der Waals surface area (Å²) in [6.07, 6.45) is 0.781. The van der Waals surface area contributed by atoms with E-state index >= 15 is 0 Å². The van der Waals surface area contributed by atoms with Crippen LogP contribution in [0.15, 0.2) is 66.7 Å². The molecule has 2 N–H and O–H groups in total. The first kappa shape index (κ1) is 20.5. The van der Waals surface area contributed by atoms with Crippen LogP contribution in [0.1, 0.15) is 18.1 Å². The molecular formula is C23H22F2N2O2. The SMILES string of the molecule is CC(=O)Nc1ccc(Oc2ccc(CCNCc3cc(F)cc(F)c3)cc2)cc1. The van der Waals surface area contributed by atoms with Crippen LogP contribution in [0, 0.1) is 11.6 Å². The Bertz CT molecular complexity index is 937. The smallest absolute Gasteiger partial charge is 0.221 e. The molecule has 0 unspecified atom stereocenters. The molecule has 0 atom stereocenters. The van der Waals surface area contributed by atoms with E-state index in [4.69, 9.17) is 4.74 Å². The summed E-state index contributed by atoms with van der Waals surface area (Å²) >= 11 is 0. The number of rotatable bonds is 8. The van der Waals surface area contributed by atoms with E-state index in [1.165, 1.54) is 19.1 Å². The first-order valence-electron chi connectivity index (χ1n) is 9.28. The molecule has 0 heterocycles. The van der Waals surface area contributed by atoms with E-state index in [0.717, 1.165) is 18.1 Å². The molecule has 1 amide bonds. The minimum Gasteiger partial charge on any atom is -0.457 e. The molecule has 0 saturated heterocycles. The van der Waals surface area contributed by atoms with Crippen LogP contribution in [0.4, 0.5) is 14.5 Å². The Morgan fingerprint density at radius 1 is 0.862 bits per heavy atom. The maximum atomic E-state index is 13.2. The fraction of sp³-hybridized carbons (Fsp3) is 0.174. The summed E-state index contributed by atoms with van der Waals surface area (Å²) in [6.45, 7) is 2.55. The molecular weight excluding hydrogens is 374 g/mol. The summed E-state index contributed by atoms with van der Waals surface area (Å²) < 4.78 is 32.1. The molecule has 0 aliphatic carbocycles. The second kappa shape index (κ2) is 9.80. The Morgan fingerprint density at radius 3 is 2.03 bits per heavy atom. The summed E-state index contributed by atoms with van der Waals surface area (Å²) in [7, 11) is 0. The van der Waals surface area contributed by atoms with Crippen molar-refractivity contribution in [3.05, 3.63) is 89.5 Å². The lowest BCUT2D eigenvalue weighted by atomic mass is 10.1. The van der Waals surface area contributed by atoms with E-state index in [1.807, 2.05) is 24.3 Å². The van der Waals surface area contributed by atoms with E-state index in [-0.39, 0.29) is 5.91 Å². The van der Waals surface area contributed by atoms with Crippen LogP contribution in [-0.4, -0.2) is 12.5 Å². The zero-order chi connectivity index (χ0) is 20.6. The molecule has 0 spiro atoms. The predicted octanol–water partition coefficient (Wildman–Crippen LogP) is 5.05. The van der Waals surface area contributed by atoms with Gasteiger partial charge >= 0.3 is 0 Å². The molecule has 0 radical (unpaired) electrons. The fourth-order valence-corrected chi connectivity index (χ4v) is 2.85. The Balaban J connectivity index is 1.45. The van der Waals surface area contributed by atoms with Gasteiger partial charge in [0.2, 0.25) is 5.91 Å². The molecule has 6 heteroatoms. The molecule has 0 saturated carbocycles. The summed E-state index contributed by atoms with van der Waals surface area (Å²) in [5.74, 6) is 0.135. The van der Waals surface area contributed by atoms with Gasteiger partial charge in [-0.15, -0.1) is 0 Å². The molecule has 0 aromatic heterocycles. The number of carbonyl (C=O) groups is 1. The van der Waals surface area contributed by atoms with Gasteiger partial charge in [0.1, 0.15) is 23.1 Å². The highest BCUT2D eigenvalue weighted by Crippen LogP contribution is 2.23. The number of carbonyl (C=O) groups excluding carboxylic acids is 1. The highest BCUT2D eigenvalue weighted by molar-refractivity contribution is 5.88. The van der Waals surface area contributed by atoms with Crippen LogP contribution in [-0.2, 0) is 17.8 Å². The molecule has 3 aromatic rings. The molecule has 3 aromatic carbocycles. The van der Waals surface area contributed by atoms with Gasteiger partial charge in [-0.1, -0.05) is 12.1 Å². The zero-order valence-electron chi connectivity index (χ0n) is 16.0. The second-order valence-electron chi connectivity index (χ2n) is 6.66. The number of hydrogen-bond acceptors (Lipinski definition) is 3. The van der Waals surface area contributed by atoms with Crippen molar-refractivity contribution in [1.82, 2.24) is 5.32 Å². The van der Waals surface area contributed by atoms with Gasteiger partial charge in [0.15, 0.2) is 0 Å². The van der Waals surface area contributed by atoms with E-state index in [9.17, 15) is 13.6 Å². The number of amides is 1. The van der Waals surface area contributed by atoms with Gasteiger partial charge in [0, 0.05) is 25.2 Å². The van der Waals surface area contributed by atoms with E-state index in [2.05, 4.69) is 10.6 Å². The maximum absolute atomic E-state index is 13.2. The maximum Gasteiger partial charge on any atom is 0.221 e. The van der Waals surface area contributed by atoms with Crippen LogP contribution in [0.5, 0.6) is 11.5 Å². The minimum atomic E-state index is -0.567. The highest BCUT2D eigenvalue weighted by atomic mass is 19.1. The van der Waals surface area contributed by atoms with Crippen molar-refractivity contribution in [2.45, 2.75) is 19.9 Å². The lowest BCUT2D eigenvalue weighted by molar-refractivity contribution is -0.114. The van der Waals surface area contributed by atoms with Crippen molar-refractivity contribution >= 4 is 11.6 Å². The van der Waals surface area contributed by atoms with Gasteiger partial charge in [-0.05, 0) is 72.6 Å². The number of nitrogens with one attached hydrogen (secondary N) is 2. The summed E-state index contributed by atoms with van der Waals surface area (Å²) in [5, 5.41) is 5.89. The van der Waals surface area contributed by atoms with Crippen molar-refractivity contribution in [2.24, 2.45) is 0 Å². The number of hydrogen-bond donors (Lipinski definition) is 2. The van der Waals surface area contributed by atoms with Gasteiger partial charge in [0.25, 0.3) is 0 Å². The van der Waals surface area contributed by atoms with E-state index < -0.39 is 11.6 Å². The standard InChI is InChI=1S/C23H22F2N2O2/c1-16(28)27-21-4-8-23(9-5-21)29-22-6-2-17(3-7-22)10-11-26-15-18-12-19(24)14-20(25)13-18/h2-9,12-14,26H,10-11,15H2,1H3,(H,27,28). The Hall–Kier alpha value is -3.25. The van der Waals surface area contributed by atoms with Crippen LogP contribution in [0.25, 0.3) is 0 Å². The monoisotopic (exact) mass is 396 g/mol. The van der Waals surface area contributed by atoms with Gasteiger partial charge in [-0.2, -0.15) is 0 Å². The van der Waals surface area contributed by atoms with Gasteiger partial charge in [-0.25, -0.2) is 8.78 Å². The predicted molar refractivity (Wildman–Crippen MR) is 109 cm³/mol. The van der Waals surface area contributed by atoms with Crippen molar-refractivity contribution in [2.75, 3.05) is 11.9 Å². The second-order valence-corrected chi connectivity index (χ2v) is 6.66. The Labute approximate surface area is 168 Å². The van der Waals surface area contributed by atoms with Crippen LogP contribution >= 0.6 is 0 Å². The molecule has 29 heavy (non-hydrogen) atoms.